The molecule has 16 heavy (non-hydrogen) atoms. The van der Waals surface area contributed by atoms with Crippen molar-refractivity contribution in [2.75, 3.05) is 19.8 Å². The van der Waals surface area contributed by atoms with Crippen LogP contribution in [-0.2, 0) is 4.74 Å². The molecule has 0 bridgehead atoms. The van der Waals surface area contributed by atoms with E-state index in [1.807, 2.05) is 0 Å². The molecule has 2 N–H and O–H groups in total. The molecule has 0 radical (unpaired) electrons. The Morgan fingerprint density at radius 2 is 2.06 bits per heavy atom. The van der Waals surface area contributed by atoms with Crippen LogP contribution in [0.3, 0.4) is 0 Å². The Hall–Kier alpha value is -0.120. The highest BCUT2D eigenvalue weighted by Crippen LogP contribution is 2.22. The first kappa shape index (κ1) is 13.9. The molecule has 1 heterocycles. The lowest BCUT2D eigenvalue weighted by atomic mass is 9.89. The number of hydrogen-bond donors (Lipinski definition) is 2. The lowest BCUT2D eigenvalue weighted by Gasteiger charge is -2.37. The van der Waals surface area contributed by atoms with E-state index in [1.54, 1.807) is 0 Å². The Bertz CT molecular complexity index is 192. The van der Waals surface area contributed by atoms with Gasteiger partial charge in [-0.3, -0.25) is 0 Å². The monoisotopic (exact) mass is 229 g/mol. The van der Waals surface area contributed by atoms with E-state index >= 15 is 0 Å². The average molecular weight is 229 g/mol. The molecule has 1 aliphatic rings. The van der Waals surface area contributed by atoms with Crippen LogP contribution in [0.5, 0.6) is 0 Å². The molecule has 1 aliphatic heterocycles. The van der Waals surface area contributed by atoms with Crippen molar-refractivity contribution >= 4 is 0 Å². The summed E-state index contributed by atoms with van der Waals surface area (Å²) in [5.41, 5.74) is -0.119. The van der Waals surface area contributed by atoms with Crippen LogP contribution in [-0.4, -0.2) is 36.5 Å². The second-order valence-electron chi connectivity index (χ2n) is 5.35. The predicted octanol–water partition coefficient (Wildman–Crippen LogP) is 1.94. The first-order chi connectivity index (χ1) is 7.61. The van der Waals surface area contributed by atoms with Crippen molar-refractivity contribution in [2.24, 2.45) is 5.92 Å². The molecule has 3 heteroatoms. The minimum absolute atomic E-state index is 0.119. The summed E-state index contributed by atoms with van der Waals surface area (Å²) >= 11 is 0. The maximum Gasteiger partial charge on any atom is 0.0610 e. The van der Waals surface area contributed by atoms with Gasteiger partial charge in [0.05, 0.1) is 6.61 Å². The Kier molecular flexibility index (Phi) is 5.73. The van der Waals surface area contributed by atoms with Gasteiger partial charge in [-0.25, -0.2) is 0 Å². The van der Waals surface area contributed by atoms with Gasteiger partial charge in [0.15, 0.2) is 0 Å². The first-order valence-corrected chi connectivity index (χ1v) is 6.57. The van der Waals surface area contributed by atoms with Crippen molar-refractivity contribution in [3.8, 4) is 0 Å². The number of ether oxygens (including phenoxy) is 1. The molecule has 0 aromatic carbocycles. The Morgan fingerprint density at radius 3 is 2.56 bits per heavy atom. The highest BCUT2D eigenvalue weighted by atomic mass is 16.5. The Labute approximate surface area is 99.6 Å². The number of aliphatic hydroxyl groups is 1. The SMILES string of the molecule is CCCC(C)(CO)NC(C)C1CCOCC1. The van der Waals surface area contributed by atoms with Crippen molar-refractivity contribution in [1.82, 2.24) is 5.32 Å². The topological polar surface area (TPSA) is 41.5 Å². The number of nitrogens with one attached hydrogen (secondary N) is 1. The summed E-state index contributed by atoms with van der Waals surface area (Å²) < 4.78 is 5.38. The largest absolute Gasteiger partial charge is 0.394 e. The van der Waals surface area contributed by atoms with Crippen molar-refractivity contribution in [2.45, 2.75) is 58.0 Å². The third-order valence-electron chi connectivity index (χ3n) is 3.70. The zero-order valence-corrected chi connectivity index (χ0v) is 11.0. The van der Waals surface area contributed by atoms with E-state index < -0.39 is 0 Å². The fourth-order valence-electron chi connectivity index (χ4n) is 2.63. The van der Waals surface area contributed by atoms with Crippen molar-refractivity contribution in [3.63, 3.8) is 0 Å². The molecule has 2 atom stereocenters. The summed E-state index contributed by atoms with van der Waals surface area (Å²) in [5.74, 6) is 0.691. The molecule has 1 saturated heterocycles. The van der Waals surface area contributed by atoms with Gasteiger partial charge in [-0.2, -0.15) is 0 Å². The van der Waals surface area contributed by atoms with Crippen LogP contribution in [0.2, 0.25) is 0 Å². The van der Waals surface area contributed by atoms with Gasteiger partial charge in [0.2, 0.25) is 0 Å². The van der Waals surface area contributed by atoms with Gasteiger partial charge in [0.25, 0.3) is 0 Å². The lowest BCUT2D eigenvalue weighted by Crippen LogP contribution is -2.52. The van der Waals surface area contributed by atoms with Gasteiger partial charge in [-0.1, -0.05) is 13.3 Å². The predicted molar refractivity (Wildman–Crippen MR) is 66.5 cm³/mol. The van der Waals surface area contributed by atoms with Crippen molar-refractivity contribution in [3.05, 3.63) is 0 Å². The molecule has 1 fully saturated rings. The highest BCUT2D eigenvalue weighted by Gasteiger charge is 2.28. The summed E-state index contributed by atoms with van der Waals surface area (Å²) in [5, 5.41) is 13.1. The molecule has 0 aliphatic carbocycles. The zero-order chi connectivity index (χ0) is 12.0. The second-order valence-corrected chi connectivity index (χ2v) is 5.35. The Balaban J connectivity index is 2.43. The minimum atomic E-state index is -0.119. The summed E-state index contributed by atoms with van der Waals surface area (Å²) in [6.07, 6.45) is 4.41. The number of hydrogen-bond acceptors (Lipinski definition) is 3. The molecule has 2 unspecified atom stereocenters. The van der Waals surface area contributed by atoms with Crippen LogP contribution in [0.25, 0.3) is 0 Å². The summed E-state index contributed by atoms with van der Waals surface area (Å²) in [4.78, 5) is 0. The van der Waals surface area contributed by atoms with Crippen LogP contribution in [0.4, 0.5) is 0 Å². The van der Waals surface area contributed by atoms with Crippen LogP contribution >= 0.6 is 0 Å². The van der Waals surface area contributed by atoms with Gasteiger partial charge < -0.3 is 15.2 Å². The fourth-order valence-corrected chi connectivity index (χ4v) is 2.63. The van der Waals surface area contributed by atoms with E-state index in [2.05, 4.69) is 26.1 Å². The molecular weight excluding hydrogens is 202 g/mol. The van der Waals surface area contributed by atoms with Crippen LogP contribution < -0.4 is 5.32 Å². The molecule has 96 valence electrons. The van der Waals surface area contributed by atoms with Gasteiger partial charge in [0, 0.05) is 24.8 Å². The fraction of sp³-hybridized carbons (Fsp3) is 1.00. The summed E-state index contributed by atoms with van der Waals surface area (Å²) in [6, 6.07) is 0.465. The second kappa shape index (κ2) is 6.58. The van der Waals surface area contributed by atoms with Gasteiger partial charge in [-0.15, -0.1) is 0 Å². The van der Waals surface area contributed by atoms with Crippen LogP contribution in [0.15, 0.2) is 0 Å². The quantitative estimate of drug-likeness (QED) is 0.731. The van der Waals surface area contributed by atoms with E-state index in [-0.39, 0.29) is 12.1 Å². The zero-order valence-electron chi connectivity index (χ0n) is 11.0. The highest BCUT2D eigenvalue weighted by molar-refractivity contribution is 4.87. The maximum atomic E-state index is 9.48. The third-order valence-corrected chi connectivity index (χ3v) is 3.70. The normalized spacial score (nSPS) is 24.0. The van der Waals surface area contributed by atoms with E-state index in [0.29, 0.717) is 12.0 Å². The molecular formula is C13H27NO2. The number of aliphatic hydroxyl groups excluding tert-OH is 1. The standard InChI is InChI=1S/C13H27NO2/c1-4-7-13(3,10-15)14-11(2)12-5-8-16-9-6-12/h11-12,14-15H,4-10H2,1-3H3. The smallest absolute Gasteiger partial charge is 0.0610 e. The van der Waals surface area contributed by atoms with Crippen molar-refractivity contribution in [1.29, 1.82) is 0 Å². The Morgan fingerprint density at radius 1 is 1.44 bits per heavy atom. The lowest BCUT2D eigenvalue weighted by molar-refractivity contribution is 0.0464. The molecule has 0 aromatic heterocycles. The van der Waals surface area contributed by atoms with Gasteiger partial charge >= 0.3 is 0 Å². The van der Waals surface area contributed by atoms with E-state index in [0.717, 1.165) is 38.9 Å². The van der Waals surface area contributed by atoms with Gasteiger partial charge in [-0.05, 0) is 39.0 Å². The molecule has 1 rings (SSSR count). The summed E-state index contributed by atoms with van der Waals surface area (Å²) in [7, 11) is 0. The first-order valence-electron chi connectivity index (χ1n) is 6.57. The molecule has 0 saturated carbocycles. The van der Waals surface area contributed by atoms with E-state index in [1.165, 1.54) is 0 Å². The van der Waals surface area contributed by atoms with Crippen LogP contribution in [0, 0.1) is 5.92 Å². The molecule has 0 aromatic rings. The molecule has 0 amide bonds. The van der Waals surface area contributed by atoms with Crippen molar-refractivity contribution < 1.29 is 9.84 Å². The van der Waals surface area contributed by atoms with E-state index in [4.69, 9.17) is 4.74 Å². The minimum Gasteiger partial charge on any atom is -0.394 e. The van der Waals surface area contributed by atoms with E-state index in [9.17, 15) is 5.11 Å². The number of rotatable bonds is 6. The van der Waals surface area contributed by atoms with Gasteiger partial charge in [0.1, 0.15) is 0 Å². The molecule has 0 spiro atoms. The third kappa shape index (κ3) is 4.04. The maximum absolute atomic E-state index is 9.48. The average Bonchev–Trinajstić information content (AvgIpc) is 2.30. The summed E-state index contributed by atoms with van der Waals surface area (Å²) in [6.45, 7) is 8.51. The van der Waals surface area contributed by atoms with Crippen LogP contribution in [0.1, 0.15) is 46.5 Å². The molecule has 3 nitrogen and oxygen atoms in total.